The van der Waals surface area contributed by atoms with Gasteiger partial charge in [-0.05, 0) is 25.2 Å². The highest BCUT2D eigenvalue weighted by atomic mass is 35.5. The average molecular weight is 325 g/mol. The molecule has 0 amide bonds. The van der Waals surface area contributed by atoms with Gasteiger partial charge < -0.3 is 5.32 Å². The van der Waals surface area contributed by atoms with E-state index in [-0.39, 0.29) is 5.82 Å². The van der Waals surface area contributed by atoms with Crippen LogP contribution in [0.1, 0.15) is 17.2 Å². The Kier molecular flexibility index (Phi) is 4.51. The highest BCUT2D eigenvalue weighted by molar-refractivity contribution is 7.20. The van der Waals surface area contributed by atoms with E-state index in [0.717, 1.165) is 5.56 Å². The number of nitrogens with one attached hydrogen (secondary N) is 1. The first-order valence-corrected chi connectivity index (χ1v) is 7.05. The maximum atomic E-state index is 13.9. The van der Waals surface area contributed by atoms with Gasteiger partial charge in [0.25, 0.3) is 0 Å². The number of thiophene rings is 1. The standard InChI is InChI=1S/C12H9Cl3FNS/c1-17-11(6-5-9(14)18-12(6)15)10-7(13)3-2-4-8(10)16/h2-5,11,17H,1H3. The summed E-state index contributed by atoms with van der Waals surface area (Å²) in [5.41, 5.74) is 1.10. The lowest BCUT2D eigenvalue weighted by Gasteiger charge is -2.18. The molecule has 2 aromatic rings. The third kappa shape index (κ3) is 2.65. The summed E-state index contributed by atoms with van der Waals surface area (Å²) in [7, 11) is 1.72. The zero-order valence-corrected chi connectivity index (χ0v) is 12.4. The molecule has 18 heavy (non-hydrogen) atoms. The van der Waals surface area contributed by atoms with Crippen molar-refractivity contribution < 1.29 is 4.39 Å². The number of rotatable bonds is 3. The Balaban J connectivity index is 2.55. The second-order valence-electron chi connectivity index (χ2n) is 3.64. The van der Waals surface area contributed by atoms with Crippen molar-refractivity contribution in [1.29, 1.82) is 0 Å². The Morgan fingerprint density at radius 2 is 2.00 bits per heavy atom. The fourth-order valence-electron chi connectivity index (χ4n) is 1.79. The van der Waals surface area contributed by atoms with E-state index in [2.05, 4.69) is 5.32 Å². The summed E-state index contributed by atoms with van der Waals surface area (Å²) in [5.74, 6) is -0.375. The van der Waals surface area contributed by atoms with Crippen molar-refractivity contribution >= 4 is 46.1 Å². The molecule has 0 saturated carbocycles. The van der Waals surface area contributed by atoms with E-state index in [1.54, 1.807) is 25.2 Å². The summed E-state index contributed by atoms with van der Waals surface area (Å²) in [4.78, 5) is 0. The van der Waals surface area contributed by atoms with Crippen LogP contribution < -0.4 is 5.32 Å². The largest absolute Gasteiger partial charge is 0.309 e. The molecule has 0 aliphatic rings. The molecule has 1 unspecified atom stereocenters. The van der Waals surface area contributed by atoms with E-state index < -0.39 is 6.04 Å². The Morgan fingerprint density at radius 3 is 2.50 bits per heavy atom. The van der Waals surface area contributed by atoms with Crippen LogP contribution in [0.4, 0.5) is 4.39 Å². The van der Waals surface area contributed by atoms with Gasteiger partial charge in [0.15, 0.2) is 0 Å². The van der Waals surface area contributed by atoms with Gasteiger partial charge in [-0.25, -0.2) is 4.39 Å². The van der Waals surface area contributed by atoms with Crippen molar-refractivity contribution in [3.8, 4) is 0 Å². The van der Waals surface area contributed by atoms with Crippen molar-refractivity contribution in [2.45, 2.75) is 6.04 Å². The molecule has 1 atom stereocenters. The highest BCUT2D eigenvalue weighted by Gasteiger charge is 2.23. The van der Waals surface area contributed by atoms with Gasteiger partial charge in [-0.2, -0.15) is 0 Å². The van der Waals surface area contributed by atoms with E-state index in [4.69, 9.17) is 34.8 Å². The first-order chi connectivity index (χ1) is 8.54. The monoisotopic (exact) mass is 323 g/mol. The topological polar surface area (TPSA) is 12.0 Å². The second kappa shape index (κ2) is 5.76. The highest BCUT2D eigenvalue weighted by Crippen LogP contribution is 2.39. The molecule has 0 fully saturated rings. The predicted octanol–water partition coefficient (Wildman–Crippen LogP) is 5.16. The molecule has 0 saturated heterocycles. The third-order valence-corrected chi connectivity index (χ3v) is 4.42. The molecule has 0 aliphatic heterocycles. The minimum Gasteiger partial charge on any atom is -0.309 e. The van der Waals surface area contributed by atoms with E-state index in [1.807, 2.05) is 0 Å². The number of hydrogen-bond donors (Lipinski definition) is 1. The maximum absolute atomic E-state index is 13.9. The third-order valence-electron chi connectivity index (χ3n) is 2.57. The fourth-order valence-corrected chi connectivity index (χ4v) is 3.60. The molecule has 0 aliphatic carbocycles. The Morgan fingerprint density at radius 1 is 1.28 bits per heavy atom. The quantitative estimate of drug-likeness (QED) is 0.822. The van der Waals surface area contributed by atoms with Gasteiger partial charge in [-0.1, -0.05) is 40.9 Å². The molecule has 96 valence electrons. The SMILES string of the molecule is CNC(c1cc(Cl)sc1Cl)c1c(F)cccc1Cl. The number of halogens is 4. The van der Waals surface area contributed by atoms with Crippen LogP contribution >= 0.6 is 46.1 Å². The summed E-state index contributed by atoms with van der Waals surface area (Å²) >= 11 is 19.3. The van der Waals surface area contributed by atoms with Gasteiger partial charge >= 0.3 is 0 Å². The van der Waals surface area contributed by atoms with Gasteiger partial charge in [-0.3, -0.25) is 0 Å². The summed E-state index contributed by atoms with van der Waals surface area (Å²) in [6.07, 6.45) is 0. The van der Waals surface area contributed by atoms with Crippen molar-refractivity contribution in [3.05, 3.63) is 54.9 Å². The lowest BCUT2D eigenvalue weighted by molar-refractivity contribution is 0.577. The molecule has 0 spiro atoms. The minimum atomic E-state index is -0.421. The Labute approximate surface area is 123 Å². The first kappa shape index (κ1) is 14.1. The average Bonchev–Trinajstić information content (AvgIpc) is 2.63. The Hall–Kier alpha value is -0.320. The second-order valence-corrected chi connectivity index (χ2v) is 6.33. The van der Waals surface area contributed by atoms with Crippen LogP contribution in [0.15, 0.2) is 24.3 Å². The molecule has 1 aromatic carbocycles. The molecule has 0 radical (unpaired) electrons. The van der Waals surface area contributed by atoms with Crippen LogP contribution in [0.5, 0.6) is 0 Å². The zero-order valence-electron chi connectivity index (χ0n) is 9.31. The van der Waals surface area contributed by atoms with Crippen molar-refractivity contribution in [2.24, 2.45) is 0 Å². The van der Waals surface area contributed by atoms with Crippen LogP contribution in [0, 0.1) is 5.82 Å². The van der Waals surface area contributed by atoms with Crippen LogP contribution in [0.2, 0.25) is 13.7 Å². The van der Waals surface area contributed by atoms with Crippen LogP contribution in [-0.4, -0.2) is 7.05 Å². The molecule has 1 aromatic heterocycles. The summed E-state index contributed by atoms with van der Waals surface area (Å²) in [6.45, 7) is 0. The molecular weight excluding hydrogens is 316 g/mol. The van der Waals surface area contributed by atoms with Gasteiger partial charge in [0, 0.05) is 16.1 Å². The van der Waals surface area contributed by atoms with Gasteiger partial charge in [-0.15, -0.1) is 11.3 Å². The Bertz CT molecular complexity index is 550. The van der Waals surface area contributed by atoms with Crippen molar-refractivity contribution in [2.75, 3.05) is 7.05 Å². The summed E-state index contributed by atoms with van der Waals surface area (Å²) in [5, 5.41) is 3.36. The van der Waals surface area contributed by atoms with E-state index in [9.17, 15) is 4.39 Å². The fraction of sp³-hybridized carbons (Fsp3) is 0.167. The van der Waals surface area contributed by atoms with Crippen molar-refractivity contribution in [1.82, 2.24) is 5.32 Å². The maximum Gasteiger partial charge on any atom is 0.129 e. The van der Waals surface area contributed by atoms with Gasteiger partial charge in [0.05, 0.1) is 14.7 Å². The molecule has 1 N–H and O–H groups in total. The molecule has 0 bridgehead atoms. The number of hydrogen-bond acceptors (Lipinski definition) is 2. The lowest BCUT2D eigenvalue weighted by atomic mass is 10.0. The van der Waals surface area contributed by atoms with Crippen LogP contribution in [0.3, 0.4) is 0 Å². The predicted molar refractivity (Wildman–Crippen MR) is 76.7 cm³/mol. The summed E-state index contributed by atoms with van der Waals surface area (Å²) < 4.78 is 15.0. The van der Waals surface area contributed by atoms with Crippen LogP contribution in [0.25, 0.3) is 0 Å². The van der Waals surface area contributed by atoms with Gasteiger partial charge in [0.2, 0.25) is 0 Å². The number of benzene rings is 1. The first-order valence-electron chi connectivity index (χ1n) is 5.10. The molecule has 6 heteroatoms. The molecular formula is C12H9Cl3FNS. The van der Waals surface area contributed by atoms with Crippen LogP contribution in [-0.2, 0) is 0 Å². The lowest BCUT2D eigenvalue weighted by Crippen LogP contribution is -2.19. The molecule has 2 rings (SSSR count). The minimum absolute atomic E-state index is 0.354. The molecule has 1 nitrogen and oxygen atoms in total. The zero-order chi connectivity index (χ0) is 13.3. The smallest absolute Gasteiger partial charge is 0.129 e. The summed E-state index contributed by atoms with van der Waals surface area (Å²) in [6, 6.07) is 5.88. The van der Waals surface area contributed by atoms with Crippen molar-refractivity contribution in [3.63, 3.8) is 0 Å². The molecule has 1 heterocycles. The van der Waals surface area contributed by atoms with E-state index >= 15 is 0 Å². The van der Waals surface area contributed by atoms with E-state index in [1.165, 1.54) is 17.4 Å². The normalized spacial score (nSPS) is 12.7. The van der Waals surface area contributed by atoms with E-state index in [0.29, 0.717) is 19.3 Å². The van der Waals surface area contributed by atoms with Gasteiger partial charge in [0.1, 0.15) is 5.82 Å².